The molecule has 0 radical (unpaired) electrons. The van der Waals surface area contributed by atoms with Crippen LogP contribution in [0.2, 0.25) is 5.02 Å². The number of amides is 1. The molecule has 0 aliphatic rings. The number of hydrogen-bond donors (Lipinski definition) is 3. The number of benzene rings is 1. The van der Waals surface area contributed by atoms with Crippen LogP contribution in [0.15, 0.2) is 18.2 Å². The number of aliphatic carboxylic acids is 1. The maximum atomic E-state index is 11.9. The van der Waals surface area contributed by atoms with Gasteiger partial charge in [0, 0.05) is 5.56 Å². The minimum absolute atomic E-state index is 0.0450. The predicted octanol–water partition coefficient (Wildman–Crippen LogP) is 1.98. The second-order valence-corrected chi connectivity index (χ2v) is 5.20. The lowest BCUT2D eigenvalue weighted by atomic mass is 10.1. The number of carbonyl (C=O) groups is 2. The quantitative estimate of drug-likeness (QED) is 0.748. The molecule has 0 spiro atoms. The first-order valence-electron chi connectivity index (χ1n) is 5.46. The maximum absolute atomic E-state index is 11.9. The number of phenols is 1. The Kier molecular flexibility index (Phi) is 5.98. The number of phenolic OH excluding ortho intramolecular Hbond substituents is 1. The Hall–Kier alpha value is -1.40. The molecule has 104 valence electrons. The summed E-state index contributed by atoms with van der Waals surface area (Å²) in [6, 6.07) is 3.02. The summed E-state index contributed by atoms with van der Waals surface area (Å²) in [4.78, 5) is 22.9. The summed E-state index contributed by atoms with van der Waals surface area (Å²) in [5, 5.41) is 20.7. The first-order valence-corrected chi connectivity index (χ1v) is 7.24. The summed E-state index contributed by atoms with van der Waals surface area (Å²) in [5.41, 5.74) is 0.207. The topological polar surface area (TPSA) is 86.6 Å². The number of nitrogens with one attached hydrogen (secondary N) is 1. The summed E-state index contributed by atoms with van der Waals surface area (Å²) in [6.45, 7) is 0. The van der Waals surface area contributed by atoms with Gasteiger partial charge in [-0.2, -0.15) is 11.8 Å². The highest BCUT2D eigenvalue weighted by atomic mass is 35.5. The van der Waals surface area contributed by atoms with Crippen molar-refractivity contribution in [3.8, 4) is 5.75 Å². The molecule has 0 aromatic heterocycles. The van der Waals surface area contributed by atoms with Crippen molar-refractivity contribution >= 4 is 35.2 Å². The number of aromatic hydroxyl groups is 1. The zero-order valence-electron chi connectivity index (χ0n) is 10.2. The van der Waals surface area contributed by atoms with Gasteiger partial charge in [0.2, 0.25) is 0 Å². The number of carboxylic acids is 1. The van der Waals surface area contributed by atoms with Crippen LogP contribution in [-0.2, 0) is 4.79 Å². The van der Waals surface area contributed by atoms with E-state index >= 15 is 0 Å². The van der Waals surface area contributed by atoms with Crippen LogP contribution < -0.4 is 5.32 Å². The molecule has 1 rings (SSSR count). The molecule has 3 N–H and O–H groups in total. The van der Waals surface area contributed by atoms with Gasteiger partial charge in [0.25, 0.3) is 5.91 Å². The largest absolute Gasteiger partial charge is 0.506 e. The average molecular weight is 304 g/mol. The highest BCUT2D eigenvalue weighted by Crippen LogP contribution is 2.23. The molecule has 0 fully saturated rings. The molecule has 0 heterocycles. The van der Waals surface area contributed by atoms with E-state index in [-0.39, 0.29) is 16.3 Å². The Morgan fingerprint density at radius 1 is 1.47 bits per heavy atom. The van der Waals surface area contributed by atoms with Gasteiger partial charge in [-0.05, 0) is 36.6 Å². The molecular weight excluding hydrogens is 290 g/mol. The zero-order chi connectivity index (χ0) is 14.4. The van der Waals surface area contributed by atoms with Crippen molar-refractivity contribution < 1.29 is 19.8 Å². The highest BCUT2D eigenvalue weighted by Gasteiger charge is 2.20. The summed E-state index contributed by atoms with van der Waals surface area (Å²) in [7, 11) is 0. The van der Waals surface area contributed by atoms with E-state index in [1.807, 2.05) is 6.26 Å². The van der Waals surface area contributed by atoms with Crippen LogP contribution in [0.4, 0.5) is 0 Å². The molecule has 0 aliphatic heterocycles. The van der Waals surface area contributed by atoms with Gasteiger partial charge in [0.05, 0.1) is 5.02 Å². The predicted molar refractivity (Wildman–Crippen MR) is 75.0 cm³/mol. The lowest BCUT2D eigenvalue weighted by Crippen LogP contribution is -2.41. The van der Waals surface area contributed by atoms with Crippen LogP contribution in [-0.4, -0.2) is 40.1 Å². The smallest absolute Gasteiger partial charge is 0.326 e. The summed E-state index contributed by atoms with van der Waals surface area (Å²) in [6.07, 6.45) is 2.20. The number of rotatable bonds is 6. The van der Waals surface area contributed by atoms with Crippen molar-refractivity contribution in [1.29, 1.82) is 0 Å². The zero-order valence-corrected chi connectivity index (χ0v) is 11.8. The van der Waals surface area contributed by atoms with Crippen molar-refractivity contribution in [3.05, 3.63) is 28.8 Å². The molecule has 1 atom stereocenters. The van der Waals surface area contributed by atoms with Crippen LogP contribution in [0.1, 0.15) is 16.8 Å². The molecule has 19 heavy (non-hydrogen) atoms. The van der Waals surface area contributed by atoms with Gasteiger partial charge in [0.1, 0.15) is 11.8 Å². The Labute approximate surface area is 120 Å². The molecule has 1 aromatic carbocycles. The fourth-order valence-corrected chi connectivity index (χ4v) is 2.03. The van der Waals surface area contributed by atoms with Gasteiger partial charge in [-0.3, -0.25) is 4.79 Å². The lowest BCUT2D eigenvalue weighted by molar-refractivity contribution is -0.139. The van der Waals surface area contributed by atoms with E-state index < -0.39 is 17.9 Å². The van der Waals surface area contributed by atoms with E-state index in [1.54, 1.807) is 0 Å². The Balaban J connectivity index is 2.75. The number of halogens is 1. The fourth-order valence-electron chi connectivity index (χ4n) is 1.38. The van der Waals surface area contributed by atoms with Crippen molar-refractivity contribution in [2.45, 2.75) is 12.5 Å². The molecule has 7 heteroatoms. The van der Waals surface area contributed by atoms with E-state index in [2.05, 4.69) is 5.32 Å². The molecule has 0 aliphatic carbocycles. The van der Waals surface area contributed by atoms with Gasteiger partial charge in [-0.1, -0.05) is 11.6 Å². The number of thioether (sulfide) groups is 1. The lowest BCUT2D eigenvalue weighted by Gasteiger charge is -2.14. The monoisotopic (exact) mass is 303 g/mol. The van der Waals surface area contributed by atoms with Crippen LogP contribution in [0, 0.1) is 0 Å². The third kappa shape index (κ3) is 4.65. The van der Waals surface area contributed by atoms with Gasteiger partial charge < -0.3 is 15.5 Å². The van der Waals surface area contributed by atoms with Crippen LogP contribution in [0.3, 0.4) is 0 Å². The third-order valence-electron chi connectivity index (χ3n) is 2.42. The second kappa shape index (κ2) is 7.25. The van der Waals surface area contributed by atoms with Crippen molar-refractivity contribution in [2.24, 2.45) is 0 Å². The van der Waals surface area contributed by atoms with E-state index in [0.29, 0.717) is 12.2 Å². The minimum atomic E-state index is -1.08. The van der Waals surface area contributed by atoms with Gasteiger partial charge in [-0.25, -0.2) is 4.79 Å². The van der Waals surface area contributed by atoms with Crippen molar-refractivity contribution in [2.75, 3.05) is 12.0 Å². The van der Waals surface area contributed by atoms with Gasteiger partial charge in [-0.15, -0.1) is 0 Å². The number of carbonyl (C=O) groups excluding carboxylic acids is 1. The average Bonchev–Trinajstić information content (AvgIpc) is 2.37. The highest BCUT2D eigenvalue weighted by molar-refractivity contribution is 7.98. The van der Waals surface area contributed by atoms with E-state index in [4.69, 9.17) is 16.7 Å². The van der Waals surface area contributed by atoms with Crippen LogP contribution in [0.25, 0.3) is 0 Å². The molecule has 0 unspecified atom stereocenters. The van der Waals surface area contributed by atoms with Crippen molar-refractivity contribution in [1.82, 2.24) is 5.32 Å². The van der Waals surface area contributed by atoms with E-state index in [9.17, 15) is 14.7 Å². The summed E-state index contributed by atoms with van der Waals surface area (Å²) >= 11 is 7.20. The number of carboxylic acid groups (broad SMARTS) is 1. The molecule has 0 saturated carbocycles. The summed E-state index contributed by atoms with van der Waals surface area (Å²) in [5.74, 6) is -1.11. The molecule has 1 aromatic rings. The Morgan fingerprint density at radius 3 is 2.68 bits per heavy atom. The van der Waals surface area contributed by atoms with Crippen LogP contribution >= 0.6 is 23.4 Å². The summed E-state index contributed by atoms with van der Waals surface area (Å²) < 4.78 is 0. The third-order valence-corrected chi connectivity index (χ3v) is 3.37. The van der Waals surface area contributed by atoms with Crippen molar-refractivity contribution in [3.63, 3.8) is 0 Å². The maximum Gasteiger partial charge on any atom is 0.326 e. The minimum Gasteiger partial charge on any atom is -0.506 e. The van der Waals surface area contributed by atoms with E-state index in [1.165, 1.54) is 30.0 Å². The first kappa shape index (κ1) is 15.7. The molecule has 0 bridgehead atoms. The standard InChI is InChI=1S/C12H14ClNO4S/c1-19-5-4-9(12(17)18)14-11(16)7-2-3-10(15)8(13)6-7/h2-3,6,9,15H,4-5H2,1H3,(H,14,16)(H,17,18)/t9-/m0/s1. The molecule has 1 amide bonds. The number of hydrogen-bond acceptors (Lipinski definition) is 4. The Morgan fingerprint density at radius 2 is 2.16 bits per heavy atom. The molecular formula is C12H14ClNO4S. The normalized spacial score (nSPS) is 11.9. The van der Waals surface area contributed by atoms with E-state index in [0.717, 1.165) is 0 Å². The second-order valence-electron chi connectivity index (χ2n) is 3.81. The SMILES string of the molecule is CSCC[C@H](NC(=O)c1ccc(O)c(Cl)c1)C(=O)O. The molecule has 5 nitrogen and oxygen atoms in total. The fraction of sp³-hybridized carbons (Fsp3) is 0.333. The van der Waals surface area contributed by atoms with Crippen LogP contribution in [0.5, 0.6) is 5.75 Å². The molecule has 0 saturated heterocycles. The van der Waals surface area contributed by atoms with Gasteiger partial charge >= 0.3 is 5.97 Å². The van der Waals surface area contributed by atoms with Gasteiger partial charge in [0.15, 0.2) is 0 Å². The first-order chi connectivity index (χ1) is 8.95. The Bertz CT molecular complexity index is 481.